The highest BCUT2D eigenvalue weighted by molar-refractivity contribution is 5.89. The van der Waals surface area contributed by atoms with Crippen LogP contribution in [0.25, 0.3) is 0 Å². The minimum absolute atomic E-state index is 0.0926. The summed E-state index contributed by atoms with van der Waals surface area (Å²) < 4.78 is 5.05. The van der Waals surface area contributed by atoms with Gasteiger partial charge >= 0.3 is 5.97 Å². The first-order valence-corrected chi connectivity index (χ1v) is 3.98. The lowest BCUT2D eigenvalue weighted by Gasteiger charge is -2.10. The summed E-state index contributed by atoms with van der Waals surface area (Å²) in [6, 6.07) is 0. The van der Waals surface area contributed by atoms with Crippen molar-refractivity contribution in [3.8, 4) is 0 Å². The maximum absolute atomic E-state index is 10.8. The Morgan fingerprint density at radius 3 is 2.73 bits per heavy atom. The molecule has 1 fully saturated rings. The van der Waals surface area contributed by atoms with Gasteiger partial charge in [0.2, 0.25) is 0 Å². The van der Waals surface area contributed by atoms with Crippen LogP contribution in [0.4, 0.5) is 0 Å². The van der Waals surface area contributed by atoms with Crippen molar-refractivity contribution in [2.45, 2.75) is 32.8 Å². The molecule has 0 unspecified atom stereocenters. The van der Waals surface area contributed by atoms with Gasteiger partial charge in [0.15, 0.2) is 0 Å². The molecule has 1 aliphatic heterocycles. The molecule has 1 rings (SSSR count). The number of rotatable bonds is 2. The fourth-order valence-electron chi connectivity index (χ4n) is 1.29. The van der Waals surface area contributed by atoms with Gasteiger partial charge in [-0.1, -0.05) is 20.4 Å². The lowest BCUT2D eigenvalue weighted by molar-refractivity contribution is -0.139. The van der Waals surface area contributed by atoms with Crippen molar-refractivity contribution in [1.82, 2.24) is 0 Å². The summed E-state index contributed by atoms with van der Waals surface area (Å²) >= 11 is 0. The fourth-order valence-corrected chi connectivity index (χ4v) is 1.29. The van der Waals surface area contributed by atoms with Gasteiger partial charge in [-0.2, -0.15) is 0 Å². The third kappa shape index (κ3) is 2.07. The van der Waals surface area contributed by atoms with Crippen molar-refractivity contribution in [1.29, 1.82) is 0 Å². The molecule has 1 atom stereocenters. The van der Waals surface area contributed by atoms with Crippen LogP contribution in [0, 0.1) is 5.92 Å². The largest absolute Gasteiger partial charge is 0.459 e. The number of carbonyl (C=O) groups is 1. The van der Waals surface area contributed by atoms with Gasteiger partial charge in [0.1, 0.15) is 6.10 Å². The van der Waals surface area contributed by atoms with E-state index in [2.05, 4.69) is 20.4 Å². The number of ether oxygens (including phenoxy) is 1. The van der Waals surface area contributed by atoms with Crippen LogP contribution >= 0.6 is 0 Å². The molecule has 1 aliphatic rings. The van der Waals surface area contributed by atoms with Crippen LogP contribution in [0.1, 0.15) is 26.7 Å². The summed E-state index contributed by atoms with van der Waals surface area (Å²) in [5, 5.41) is 0. The molecular formula is C9H14O2. The number of esters is 1. The molecule has 0 saturated carbocycles. The minimum Gasteiger partial charge on any atom is -0.459 e. The number of cyclic esters (lactones) is 1. The van der Waals surface area contributed by atoms with Crippen molar-refractivity contribution < 1.29 is 9.53 Å². The Morgan fingerprint density at radius 2 is 2.36 bits per heavy atom. The topological polar surface area (TPSA) is 26.3 Å². The zero-order valence-corrected chi connectivity index (χ0v) is 7.09. The first kappa shape index (κ1) is 8.31. The number of carbonyl (C=O) groups excluding carboxylic acids is 1. The van der Waals surface area contributed by atoms with Crippen LogP contribution in [-0.4, -0.2) is 12.1 Å². The molecule has 0 radical (unpaired) electrons. The van der Waals surface area contributed by atoms with E-state index in [4.69, 9.17) is 4.74 Å². The van der Waals surface area contributed by atoms with E-state index < -0.39 is 0 Å². The van der Waals surface area contributed by atoms with E-state index in [1.165, 1.54) is 0 Å². The van der Waals surface area contributed by atoms with Crippen LogP contribution in [0.15, 0.2) is 12.2 Å². The van der Waals surface area contributed by atoms with Gasteiger partial charge in [-0.3, -0.25) is 0 Å². The molecule has 1 heterocycles. The van der Waals surface area contributed by atoms with E-state index in [9.17, 15) is 4.79 Å². The zero-order chi connectivity index (χ0) is 8.43. The lowest BCUT2D eigenvalue weighted by Crippen LogP contribution is -2.09. The van der Waals surface area contributed by atoms with Gasteiger partial charge in [-0.15, -0.1) is 0 Å². The predicted octanol–water partition coefficient (Wildman–Crippen LogP) is 1.90. The van der Waals surface area contributed by atoms with Gasteiger partial charge in [0, 0.05) is 12.0 Å². The summed E-state index contributed by atoms with van der Waals surface area (Å²) in [5.74, 6) is 0.370. The quantitative estimate of drug-likeness (QED) is 0.448. The molecule has 1 saturated heterocycles. The standard InChI is InChI=1S/C9H14O2/c1-6(2)4-8-5-7(3)9(10)11-8/h6,8H,3-5H2,1-2H3/t8-/m1/s1. The molecule has 0 spiro atoms. The summed E-state index contributed by atoms with van der Waals surface area (Å²) in [6.45, 7) is 7.86. The van der Waals surface area contributed by atoms with E-state index in [1.807, 2.05) is 0 Å². The molecule has 0 N–H and O–H groups in total. The van der Waals surface area contributed by atoms with E-state index in [0.717, 1.165) is 12.8 Å². The average Bonchev–Trinajstić information content (AvgIpc) is 2.10. The molecule has 2 heteroatoms. The van der Waals surface area contributed by atoms with Gasteiger partial charge in [-0.25, -0.2) is 4.79 Å². The number of hydrogen-bond acceptors (Lipinski definition) is 2. The maximum Gasteiger partial charge on any atom is 0.333 e. The van der Waals surface area contributed by atoms with Crippen LogP contribution in [0.3, 0.4) is 0 Å². The van der Waals surface area contributed by atoms with Gasteiger partial charge in [-0.05, 0) is 12.3 Å². The predicted molar refractivity (Wildman–Crippen MR) is 43.1 cm³/mol. The van der Waals surface area contributed by atoms with E-state index in [0.29, 0.717) is 11.5 Å². The highest BCUT2D eigenvalue weighted by Gasteiger charge is 2.27. The Labute approximate surface area is 67.2 Å². The Bertz CT molecular complexity index is 166. The molecule has 0 aromatic heterocycles. The van der Waals surface area contributed by atoms with E-state index >= 15 is 0 Å². The highest BCUT2D eigenvalue weighted by Crippen LogP contribution is 2.23. The van der Waals surface area contributed by atoms with Crippen LogP contribution in [-0.2, 0) is 9.53 Å². The van der Waals surface area contributed by atoms with E-state index in [1.54, 1.807) is 0 Å². The normalized spacial score (nSPS) is 24.5. The first-order chi connectivity index (χ1) is 5.09. The molecule has 0 bridgehead atoms. The van der Waals surface area contributed by atoms with Crippen LogP contribution in [0.5, 0.6) is 0 Å². The van der Waals surface area contributed by atoms with Crippen molar-refractivity contribution in [2.24, 2.45) is 5.92 Å². The Hall–Kier alpha value is -0.790. The average molecular weight is 154 g/mol. The number of hydrogen-bond donors (Lipinski definition) is 0. The molecule has 0 aliphatic carbocycles. The van der Waals surface area contributed by atoms with Crippen molar-refractivity contribution >= 4 is 5.97 Å². The summed E-state index contributed by atoms with van der Waals surface area (Å²) in [6.07, 6.45) is 1.76. The molecule has 0 amide bonds. The zero-order valence-electron chi connectivity index (χ0n) is 7.09. The Morgan fingerprint density at radius 1 is 1.73 bits per heavy atom. The van der Waals surface area contributed by atoms with Crippen LogP contribution < -0.4 is 0 Å². The molecule has 62 valence electrons. The SMILES string of the molecule is C=C1C[C@@H](CC(C)C)OC1=O. The monoisotopic (exact) mass is 154 g/mol. The molecule has 0 aromatic rings. The second-order valence-electron chi connectivity index (χ2n) is 3.46. The van der Waals surface area contributed by atoms with Gasteiger partial charge in [0.25, 0.3) is 0 Å². The van der Waals surface area contributed by atoms with Gasteiger partial charge < -0.3 is 4.74 Å². The Balaban J connectivity index is 2.41. The lowest BCUT2D eigenvalue weighted by atomic mass is 10.0. The molecule has 2 nitrogen and oxygen atoms in total. The molecule has 11 heavy (non-hydrogen) atoms. The summed E-state index contributed by atoms with van der Waals surface area (Å²) in [4.78, 5) is 10.8. The van der Waals surface area contributed by atoms with E-state index in [-0.39, 0.29) is 12.1 Å². The van der Waals surface area contributed by atoms with Crippen molar-refractivity contribution in [2.75, 3.05) is 0 Å². The second kappa shape index (κ2) is 3.07. The first-order valence-electron chi connectivity index (χ1n) is 3.98. The summed E-state index contributed by atoms with van der Waals surface area (Å²) in [5.41, 5.74) is 0.621. The second-order valence-corrected chi connectivity index (χ2v) is 3.46. The Kier molecular flexibility index (Phi) is 2.32. The minimum atomic E-state index is -0.212. The fraction of sp³-hybridized carbons (Fsp3) is 0.667. The highest BCUT2D eigenvalue weighted by atomic mass is 16.5. The molecule has 0 aromatic carbocycles. The summed E-state index contributed by atoms with van der Waals surface area (Å²) in [7, 11) is 0. The van der Waals surface area contributed by atoms with Crippen molar-refractivity contribution in [3.63, 3.8) is 0 Å². The smallest absolute Gasteiger partial charge is 0.333 e. The van der Waals surface area contributed by atoms with Crippen LogP contribution in [0.2, 0.25) is 0 Å². The maximum atomic E-state index is 10.8. The third-order valence-corrected chi connectivity index (χ3v) is 1.77. The van der Waals surface area contributed by atoms with Crippen molar-refractivity contribution in [3.05, 3.63) is 12.2 Å². The van der Waals surface area contributed by atoms with Gasteiger partial charge in [0.05, 0.1) is 0 Å². The molecular weight excluding hydrogens is 140 g/mol. The third-order valence-electron chi connectivity index (χ3n) is 1.77.